The number of hydrogen-bond donors (Lipinski definition) is 1. The molecule has 3 nitrogen and oxygen atoms in total. The summed E-state index contributed by atoms with van der Waals surface area (Å²) in [6.07, 6.45) is 0.914. The van der Waals surface area contributed by atoms with Gasteiger partial charge in [0.15, 0.2) is 0 Å². The van der Waals surface area contributed by atoms with Crippen LogP contribution in [0, 0.1) is 6.92 Å². The number of likely N-dealkylation sites (N-methyl/N-ethyl adjacent to an activating group) is 1. The van der Waals surface area contributed by atoms with Crippen LogP contribution in [0.25, 0.3) is 11.0 Å². The lowest BCUT2D eigenvalue weighted by Crippen LogP contribution is -2.42. The first kappa shape index (κ1) is 15.1. The maximum absolute atomic E-state index is 6.05. The molecule has 2 unspecified atom stereocenters. The van der Waals surface area contributed by atoms with Gasteiger partial charge < -0.3 is 14.5 Å². The van der Waals surface area contributed by atoms with E-state index in [1.165, 1.54) is 5.56 Å². The van der Waals surface area contributed by atoms with Gasteiger partial charge in [-0.3, -0.25) is 0 Å². The minimum Gasteiger partial charge on any atom is -0.459 e. The minimum absolute atomic E-state index is 0.0511. The van der Waals surface area contributed by atoms with Crippen molar-refractivity contribution in [2.45, 2.75) is 45.8 Å². The van der Waals surface area contributed by atoms with Crippen LogP contribution in [0.1, 0.15) is 44.6 Å². The van der Waals surface area contributed by atoms with Gasteiger partial charge in [-0.1, -0.05) is 25.5 Å². The SMILES string of the molecule is CCNC(c1cc2cc(C)ccc2o1)C(C)(CC)OC. The molecule has 0 amide bonds. The zero-order chi connectivity index (χ0) is 14.8. The topological polar surface area (TPSA) is 34.4 Å². The number of aryl methyl sites for hydroxylation is 1. The second-order valence-electron chi connectivity index (χ2n) is 5.55. The predicted octanol–water partition coefficient (Wildman–Crippen LogP) is 4.21. The van der Waals surface area contributed by atoms with Crippen LogP contribution < -0.4 is 5.32 Å². The fourth-order valence-corrected chi connectivity index (χ4v) is 2.61. The molecule has 0 bridgehead atoms. The van der Waals surface area contributed by atoms with Crippen molar-refractivity contribution in [1.29, 1.82) is 0 Å². The van der Waals surface area contributed by atoms with Crippen molar-refractivity contribution in [1.82, 2.24) is 5.32 Å². The van der Waals surface area contributed by atoms with Crippen LogP contribution >= 0.6 is 0 Å². The highest BCUT2D eigenvalue weighted by atomic mass is 16.5. The summed E-state index contributed by atoms with van der Waals surface area (Å²) in [5, 5.41) is 4.65. The van der Waals surface area contributed by atoms with Crippen molar-refractivity contribution < 1.29 is 9.15 Å². The second kappa shape index (κ2) is 5.98. The third kappa shape index (κ3) is 2.74. The van der Waals surface area contributed by atoms with Gasteiger partial charge in [-0.05, 0) is 45.0 Å². The summed E-state index contributed by atoms with van der Waals surface area (Å²) in [6.45, 7) is 9.34. The molecule has 1 aromatic heterocycles. The molecule has 0 aliphatic carbocycles. The Morgan fingerprint density at radius 2 is 2.05 bits per heavy atom. The lowest BCUT2D eigenvalue weighted by atomic mass is 9.91. The summed E-state index contributed by atoms with van der Waals surface area (Å²) in [7, 11) is 1.76. The lowest BCUT2D eigenvalue weighted by molar-refractivity contribution is -0.0346. The molecule has 3 heteroatoms. The molecule has 2 aromatic rings. The van der Waals surface area contributed by atoms with Crippen LogP contribution in [0.15, 0.2) is 28.7 Å². The summed E-state index contributed by atoms with van der Waals surface area (Å²) < 4.78 is 11.8. The Morgan fingerprint density at radius 1 is 1.30 bits per heavy atom. The fraction of sp³-hybridized carbons (Fsp3) is 0.529. The summed E-state index contributed by atoms with van der Waals surface area (Å²) in [6, 6.07) is 8.44. The van der Waals surface area contributed by atoms with Crippen molar-refractivity contribution in [3.05, 3.63) is 35.6 Å². The maximum atomic E-state index is 6.05. The molecule has 1 heterocycles. The van der Waals surface area contributed by atoms with E-state index in [1.807, 2.05) is 6.07 Å². The van der Waals surface area contributed by atoms with E-state index in [9.17, 15) is 0 Å². The number of rotatable bonds is 6. The summed E-state index contributed by atoms with van der Waals surface area (Å²) >= 11 is 0. The van der Waals surface area contributed by atoms with Gasteiger partial charge in [0.25, 0.3) is 0 Å². The molecule has 0 aliphatic heterocycles. The first-order chi connectivity index (χ1) is 9.54. The van der Waals surface area contributed by atoms with E-state index in [0.717, 1.165) is 29.7 Å². The Labute approximate surface area is 121 Å². The van der Waals surface area contributed by atoms with Gasteiger partial charge in [0.1, 0.15) is 11.3 Å². The molecular weight excluding hydrogens is 250 g/mol. The molecule has 0 spiro atoms. The van der Waals surface area contributed by atoms with Crippen LogP contribution in [0.3, 0.4) is 0 Å². The van der Waals surface area contributed by atoms with Crippen molar-refractivity contribution in [2.24, 2.45) is 0 Å². The third-order valence-corrected chi connectivity index (χ3v) is 4.16. The molecule has 0 radical (unpaired) electrons. The van der Waals surface area contributed by atoms with Crippen LogP contribution in [0.5, 0.6) is 0 Å². The van der Waals surface area contributed by atoms with Gasteiger partial charge in [-0.2, -0.15) is 0 Å². The van der Waals surface area contributed by atoms with E-state index in [4.69, 9.17) is 9.15 Å². The summed E-state index contributed by atoms with van der Waals surface area (Å²) in [5.74, 6) is 0.943. The van der Waals surface area contributed by atoms with Gasteiger partial charge in [-0.15, -0.1) is 0 Å². The molecule has 2 atom stereocenters. The molecule has 0 saturated heterocycles. The number of hydrogen-bond acceptors (Lipinski definition) is 3. The molecular formula is C17H25NO2. The Morgan fingerprint density at radius 3 is 2.65 bits per heavy atom. The van der Waals surface area contributed by atoms with Crippen molar-refractivity contribution >= 4 is 11.0 Å². The fourth-order valence-electron chi connectivity index (χ4n) is 2.61. The van der Waals surface area contributed by atoms with Gasteiger partial charge in [0.2, 0.25) is 0 Å². The first-order valence-electron chi connectivity index (χ1n) is 7.32. The van der Waals surface area contributed by atoms with E-state index in [-0.39, 0.29) is 11.6 Å². The van der Waals surface area contributed by atoms with Gasteiger partial charge in [0.05, 0.1) is 11.6 Å². The lowest BCUT2D eigenvalue weighted by Gasteiger charge is -2.35. The Balaban J connectivity index is 2.46. The van der Waals surface area contributed by atoms with Gasteiger partial charge >= 0.3 is 0 Å². The summed E-state index contributed by atoms with van der Waals surface area (Å²) in [5.41, 5.74) is 1.90. The molecule has 110 valence electrons. The van der Waals surface area contributed by atoms with E-state index in [1.54, 1.807) is 7.11 Å². The molecule has 20 heavy (non-hydrogen) atoms. The zero-order valence-electron chi connectivity index (χ0n) is 13.1. The monoisotopic (exact) mass is 275 g/mol. The summed E-state index contributed by atoms with van der Waals surface area (Å²) in [4.78, 5) is 0. The molecule has 1 N–H and O–H groups in total. The zero-order valence-corrected chi connectivity index (χ0v) is 13.1. The van der Waals surface area contributed by atoms with E-state index < -0.39 is 0 Å². The Kier molecular flexibility index (Phi) is 4.51. The number of furan rings is 1. The molecule has 2 rings (SSSR count). The highest BCUT2D eigenvalue weighted by Gasteiger charge is 2.35. The first-order valence-corrected chi connectivity index (χ1v) is 7.32. The third-order valence-electron chi connectivity index (χ3n) is 4.16. The highest BCUT2D eigenvalue weighted by Crippen LogP contribution is 2.34. The Bertz CT molecular complexity index is 569. The van der Waals surface area contributed by atoms with Gasteiger partial charge in [0, 0.05) is 12.5 Å². The molecule has 0 fully saturated rings. The smallest absolute Gasteiger partial charge is 0.134 e. The van der Waals surface area contributed by atoms with E-state index in [0.29, 0.717) is 0 Å². The van der Waals surface area contributed by atoms with Gasteiger partial charge in [-0.25, -0.2) is 0 Å². The van der Waals surface area contributed by atoms with Crippen LogP contribution in [0.2, 0.25) is 0 Å². The Hall–Kier alpha value is -1.32. The largest absolute Gasteiger partial charge is 0.459 e. The quantitative estimate of drug-likeness (QED) is 0.857. The minimum atomic E-state index is -0.279. The maximum Gasteiger partial charge on any atom is 0.134 e. The van der Waals surface area contributed by atoms with Crippen molar-refractivity contribution in [3.8, 4) is 0 Å². The van der Waals surface area contributed by atoms with Crippen LogP contribution in [-0.4, -0.2) is 19.3 Å². The predicted molar refractivity (Wildman–Crippen MR) is 83.1 cm³/mol. The number of ether oxygens (including phenoxy) is 1. The number of methoxy groups -OCH3 is 1. The average molecular weight is 275 g/mol. The molecule has 0 aliphatic rings. The number of benzene rings is 1. The highest BCUT2D eigenvalue weighted by molar-refractivity contribution is 5.78. The average Bonchev–Trinajstić information content (AvgIpc) is 2.86. The van der Waals surface area contributed by atoms with Crippen molar-refractivity contribution in [3.63, 3.8) is 0 Å². The van der Waals surface area contributed by atoms with E-state index in [2.05, 4.69) is 51.2 Å². The van der Waals surface area contributed by atoms with E-state index >= 15 is 0 Å². The van der Waals surface area contributed by atoms with Crippen LogP contribution in [0.4, 0.5) is 0 Å². The standard InChI is InChI=1S/C17H25NO2/c1-6-17(4,19-5)16(18-7-2)15-11-13-10-12(3)8-9-14(13)20-15/h8-11,16,18H,6-7H2,1-5H3. The molecule has 0 saturated carbocycles. The van der Waals surface area contributed by atoms with Crippen molar-refractivity contribution in [2.75, 3.05) is 13.7 Å². The number of fused-ring (bicyclic) bond motifs is 1. The number of nitrogens with one attached hydrogen (secondary N) is 1. The van der Waals surface area contributed by atoms with Crippen LogP contribution in [-0.2, 0) is 4.74 Å². The second-order valence-corrected chi connectivity index (χ2v) is 5.55. The normalized spacial score (nSPS) is 16.2. The molecule has 1 aromatic carbocycles.